The fraction of sp³-hybridized carbons (Fsp3) is 0.571. The van der Waals surface area contributed by atoms with Gasteiger partial charge in [-0.05, 0) is 37.1 Å². The largest absolute Gasteiger partial charge is 0.354 e. The van der Waals surface area contributed by atoms with Gasteiger partial charge in [0, 0.05) is 13.1 Å². The zero-order chi connectivity index (χ0) is 13.7. The molecule has 19 heavy (non-hydrogen) atoms. The fourth-order valence-corrected chi connectivity index (χ4v) is 3.03. The first-order valence-electron chi connectivity index (χ1n) is 6.86. The van der Waals surface area contributed by atoms with Crippen LogP contribution in [0.5, 0.6) is 0 Å². The van der Waals surface area contributed by atoms with E-state index in [1.807, 2.05) is 24.4 Å². The average molecular weight is 280 g/mol. The summed E-state index contributed by atoms with van der Waals surface area (Å²) in [4.78, 5) is 27.0. The number of piperidine rings is 1. The maximum absolute atomic E-state index is 12.4. The topological polar surface area (TPSA) is 49.4 Å². The molecule has 1 fully saturated rings. The molecule has 2 heterocycles. The molecule has 1 N–H and O–H groups in total. The van der Waals surface area contributed by atoms with Crippen molar-refractivity contribution in [1.29, 1.82) is 0 Å². The summed E-state index contributed by atoms with van der Waals surface area (Å²) in [5.74, 6) is -0.0159. The Labute approximate surface area is 117 Å². The summed E-state index contributed by atoms with van der Waals surface area (Å²) in [6.45, 7) is 3.38. The molecule has 1 aromatic rings. The van der Waals surface area contributed by atoms with Crippen molar-refractivity contribution < 1.29 is 9.59 Å². The van der Waals surface area contributed by atoms with Crippen LogP contribution >= 0.6 is 11.3 Å². The number of rotatable bonds is 4. The van der Waals surface area contributed by atoms with E-state index in [9.17, 15) is 9.59 Å². The number of thiophene rings is 1. The molecule has 2 rings (SSSR count). The van der Waals surface area contributed by atoms with E-state index in [0.717, 1.165) is 30.6 Å². The molecular formula is C14H20N2O2S. The zero-order valence-corrected chi connectivity index (χ0v) is 12.0. The van der Waals surface area contributed by atoms with E-state index in [2.05, 4.69) is 5.32 Å². The number of hydrogen-bond acceptors (Lipinski definition) is 3. The number of carbonyl (C=O) groups excluding carboxylic acids is 2. The van der Waals surface area contributed by atoms with Crippen molar-refractivity contribution in [2.24, 2.45) is 0 Å². The zero-order valence-electron chi connectivity index (χ0n) is 11.2. The number of amides is 2. The van der Waals surface area contributed by atoms with E-state index in [-0.39, 0.29) is 17.9 Å². The Bertz CT molecular complexity index is 431. The summed E-state index contributed by atoms with van der Waals surface area (Å²) in [6, 6.07) is 3.39. The van der Waals surface area contributed by atoms with Crippen LogP contribution in [0.1, 0.15) is 42.3 Å². The predicted molar refractivity (Wildman–Crippen MR) is 76.3 cm³/mol. The van der Waals surface area contributed by atoms with Crippen molar-refractivity contribution in [2.45, 2.75) is 38.6 Å². The lowest BCUT2D eigenvalue weighted by Gasteiger charge is -2.34. The molecule has 0 spiro atoms. The number of hydrogen-bond donors (Lipinski definition) is 1. The van der Waals surface area contributed by atoms with Crippen LogP contribution in [0, 0.1) is 0 Å². The molecule has 4 nitrogen and oxygen atoms in total. The summed E-state index contributed by atoms with van der Waals surface area (Å²) in [5.41, 5.74) is 0. The van der Waals surface area contributed by atoms with Crippen molar-refractivity contribution in [3.05, 3.63) is 22.4 Å². The molecule has 0 saturated carbocycles. The van der Waals surface area contributed by atoms with E-state index in [0.29, 0.717) is 13.1 Å². The standard InChI is InChI=1S/C14H20N2O2S/c1-2-8-15-13(17)11-6-3-4-9-16(11)14(18)12-7-5-10-19-12/h5,7,10-11H,2-4,6,8-9H2,1H3,(H,15,17). The quantitative estimate of drug-likeness (QED) is 0.919. The maximum Gasteiger partial charge on any atom is 0.264 e. The van der Waals surface area contributed by atoms with Gasteiger partial charge in [0.05, 0.1) is 4.88 Å². The fourth-order valence-electron chi connectivity index (χ4n) is 2.36. The van der Waals surface area contributed by atoms with Crippen molar-refractivity contribution in [1.82, 2.24) is 10.2 Å². The lowest BCUT2D eigenvalue weighted by Crippen LogP contribution is -2.51. The molecule has 1 aromatic heterocycles. The van der Waals surface area contributed by atoms with Crippen molar-refractivity contribution in [3.8, 4) is 0 Å². The van der Waals surface area contributed by atoms with Crippen molar-refractivity contribution in [2.75, 3.05) is 13.1 Å². The van der Waals surface area contributed by atoms with Gasteiger partial charge in [-0.2, -0.15) is 0 Å². The summed E-state index contributed by atoms with van der Waals surface area (Å²) >= 11 is 1.43. The van der Waals surface area contributed by atoms with E-state index in [4.69, 9.17) is 0 Å². The molecule has 1 aliphatic heterocycles. The van der Waals surface area contributed by atoms with Gasteiger partial charge in [-0.15, -0.1) is 11.3 Å². The maximum atomic E-state index is 12.4. The van der Waals surface area contributed by atoms with Crippen molar-refractivity contribution >= 4 is 23.2 Å². The molecule has 0 bridgehead atoms. The Morgan fingerprint density at radius 2 is 2.32 bits per heavy atom. The molecular weight excluding hydrogens is 260 g/mol. The Kier molecular flexibility index (Phi) is 4.96. The summed E-state index contributed by atoms with van der Waals surface area (Å²) in [7, 11) is 0. The second-order valence-electron chi connectivity index (χ2n) is 4.78. The van der Waals surface area contributed by atoms with Crippen molar-refractivity contribution in [3.63, 3.8) is 0 Å². The van der Waals surface area contributed by atoms with Gasteiger partial charge in [0.25, 0.3) is 5.91 Å². The van der Waals surface area contributed by atoms with Gasteiger partial charge in [-0.25, -0.2) is 0 Å². The van der Waals surface area contributed by atoms with Crippen LogP contribution in [-0.4, -0.2) is 35.8 Å². The van der Waals surface area contributed by atoms with Crippen LogP contribution in [-0.2, 0) is 4.79 Å². The second-order valence-corrected chi connectivity index (χ2v) is 5.73. The van der Waals surface area contributed by atoms with Gasteiger partial charge in [-0.1, -0.05) is 13.0 Å². The molecule has 0 aliphatic carbocycles. The van der Waals surface area contributed by atoms with E-state index < -0.39 is 0 Å². The van der Waals surface area contributed by atoms with E-state index in [1.54, 1.807) is 4.90 Å². The molecule has 5 heteroatoms. The van der Waals surface area contributed by atoms with Gasteiger partial charge < -0.3 is 10.2 Å². The molecule has 104 valence electrons. The average Bonchev–Trinajstić information content (AvgIpc) is 2.98. The highest BCUT2D eigenvalue weighted by molar-refractivity contribution is 7.12. The Morgan fingerprint density at radius 1 is 1.47 bits per heavy atom. The predicted octanol–water partition coefficient (Wildman–Crippen LogP) is 2.27. The molecule has 0 radical (unpaired) electrons. The molecule has 2 amide bonds. The highest BCUT2D eigenvalue weighted by Gasteiger charge is 2.32. The van der Waals surface area contributed by atoms with E-state index >= 15 is 0 Å². The number of likely N-dealkylation sites (tertiary alicyclic amines) is 1. The van der Waals surface area contributed by atoms with Crippen LogP contribution in [0.15, 0.2) is 17.5 Å². The van der Waals surface area contributed by atoms with Gasteiger partial charge in [-0.3, -0.25) is 9.59 Å². The smallest absolute Gasteiger partial charge is 0.264 e. The monoisotopic (exact) mass is 280 g/mol. The normalized spacial score (nSPS) is 19.2. The number of carbonyl (C=O) groups is 2. The summed E-state index contributed by atoms with van der Waals surface area (Å²) < 4.78 is 0. The third-order valence-electron chi connectivity index (χ3n) is 3.35. The third-order valence-corrected chi connectivity index (χ3v) is 4.21. The number of nitrogens with one attached hydrogen (secondary N) is 1. The molecule has 1 aliphatic rings. The Balaban J connectivity index is 2.07. The highest BCUT2D eigenvalue weighted by atomic mass is 32.1. The van der Waals surface area contributed by atoms with Crippen LogP contribution < -0.4 is 5.32 Å². The lowest BCUT2D eigenvalue weighted by atomic mass is 10.0. The lowest BCUT2D eigenvalue weighted by molar-refractivity contribution is -0.126. The molecule has 1 saturated heterocycles. The minimum absolute atomic E-state index is 0.00791. The van der Waals surface area contributed by atoms with E-state index in [1.165, 1.54) is 11.3 Å². The Hall–Kier alpha value is -1.36. The van der Waals surface area contributed by atoms with Gasteiger partial charge in [0.1, 0.15) is 6.04 Å². The van der Waals surface area contributed by atoms with Gasteiger partial charge >= 0.3 is 0 Å². The van der Waals surface area contributed by atoms with Crippen LogP contribution in [0.4, 0.5) is 0 Å². The summed E-state index contributed by atoms with van der Waals surface area (Å²) in [5, 5.41) is 4.79. The third kappa shape index (κ3) is 3.35. The van der Waals surface area contributed by atoms with Gasteiger partial charge in [0.15, 0.2) is 0 Å². The van der Waals surface area contributed by atoms with Crippen LogP contribution in [0.2, 0.25) is 0 Å². The molecule has 1 atom stereocenters. The first-order chi connectivity index (χ1) is 9.24. The minimum Gasteiger partial charge on any atom is -0.354 e. The van der Waals surface area contributed by atoms with Crippen LogP contribution in [0.25, 0.3) is 0 Å². The first-order valence-corrected chi connectivity index (χ1v) is 7.74. The first kappa shape index (κ1) is 14.1. The summed E-state index contributed by atoms with van der Waals surface area (Å²) in [6.07, 6.45) is 3.68. The van der Waals surface area contributed by atoms with Gasteiger partial charge in [0.2, 0.25) is 5.91 Å². The number of nitrogens with zero attached hydrogens (tertiary/aromatic N) is 1. The SMILES string of the molecule is CCCNC(=O)C1CCCCN1C(=O)c1cccs1. The van der Waals surface area contributed by atoms with Crippen LogP contribution in [0.3, 0.4) is 0 Å². The minimum atomic E-state index is -0.296. The molecule has 0 aromatic carbocycles. The second kappa shape index (κ2) is 6.70. The molecule has 1 unspecified atom stereocenters. The highest BCUT2D eigenvalue weighted by Crippen LogP contribution is 2.21. The Morgan fingerprint density at radius 3 is 3.00 bits per heavy atom.